The predicted octanol–water partition coefficient (Wildman–Crippen LogP) is 3.76. The van der Waals surface area contributed by atoms with E-state index in [1.165, 1.54) is 23.9 Å². The number of aliphatic imine (C=N–C) groups is 1. The van der Waals surface area contributed by atoms with Gasteiger partial charge >= 0.3 is 0 Å². The number of fused-ring (bicyclic) bond motifs is 1. The number of nitrogens with two attached hydrogens (primary N) is 1. The third-order valence-electron chi connectivity index (χ3n) is 4.64. The number of nitriles is 1. The first-order valence-electron chi connectivity index (χ1n) is 8.56. The lowest BCUT2D eigenvalue weighted by atomic mass is 9.98. The Kier molecular flexibility index (Phi) is 4.70. The summed E-state index contributed by atoms with van der Waals surface area (Å²) in [4.78, 5) is 17.1. The highest BCUT2D eigenvalue weighted by molar-refractivity contribution is 8.16. The van der Waals surface area contributed by atoms with Crippen LogP contribution in [0.5, 0.6) is 5.75 Å². The van der Waals surface area contributed by atoms with Gasteiger partial charge in [-0.2, -0.15) is 5.26 Å². The fraction of sp³-hybridized carbons (Fsp3) is 0.100. The smallest absolute Gasteiger partial charge is 0.269 e. The molecule has 0 aromatic heterocycles. The second-order valence-electron chi connectivity index (χ2n) is 6.26. The maximum Gasteiger partial charge on any atom is 0.269 e. The number of benzene rings is 2. The standard InChI is InChI=1S/C20H15N5O3S/c1-28-15-7-5-12(6-8-15)17-11-29-20-23-18(16(10-21)19(22)24(17)20)13-3-2-4-14(9-13)25(26)27/h2-9,11,18H,22H2,1H3. The number of hydrogen-bond donors (Lipinski definition) is 1. The van der Waals surface area contributed by atoms with E-state index in [0.717, 1.165) is 17.0 Å². The fourth-order valence-electron chi connectivity index (χ4n) is 3.20. The van der Waals surface area contributed by atoms with Gasteiger partial charge in [-0.1, -0.05) is 23.9 Å². The van der Waals surface area contributed by atoms with E-state index in [2.05, 4.69) is 11.1 Å². The molecule has 0 saturated carbocycles. The highest BCUT2D eigenvalue weighted by Crippen LogP contribution is 2.43. The zero-order chi connectivity index (χ0) is 20.5. The molecule has 0 amide bonds. The first-order valence-corrected chi connectivity index (χ1v) is 9.44. The molecular formula is C20H15N5O3S. The summed E-state index contributed by atoms with van der Waals surface area (Å²) in [5.41, 5.74) is 8.81. The van der Waals surface area contributed by atoms with Gasteiger partial charge in [-0.05, 0) is 35.4 Å². The summed E-state index contributed by atoms with van der Waals surface area (Å²) in [6.07, 6.45) is 0. The van der Waals surface area contributed by atoms with E-state index in [0.29, 0.717) is 10.7 Å². The molecule has 144 valence electrons. The number of ether oxygens (including phenoxy) is 1. The molecule has 0 saturated heterocycles. The Bertz CT molecular complexity index is 1130. The first-order chi connectivity index (χ1) is 14.0. The average molecular weight is 405 g/mol. The van der Waals surface area contributed by atoms with Gasteiger partial charge < -0.3 is 10.5 Å². The van der Waals surface area contributed by atoms with Gasteiger partial charge in [0.1, 0.15) is 23.7 Å². The Morgan fingerprint density at radius 1 is 1.31 bits per heavy atom. The van der Waals surface area contributed by atoms with E-state index in [4.69, 9.17) is 10.5 Å². The molecule has 2 heterocycles. The van der Waals surface area contributed by atoms with Crippen LogP contribution < -0.4 is 10.5 Å². The molecule has 2 aromatic rings. The Balaban J connectivity index is 1.74. The third-order valence-corrected chi connectivity index (χ3v) is 5.48. The van der Waals surface area contributed by atoms with Crippen molar-refractivity contribution >= 4 is 28.3 Å². The normalized spacial score (nSPS) is 17.9. The average Bonchev–Trinajstić information content (AvgIpc) is 3.18. The first kappa shape index (κ1) is 18.6. The van der Waals surface area contributed by atoms with Gasteiger partial charge in [0, 0.05) is 17.5 Å². The van der Waals surface area contributed by atoms with Crippen LogP contribution in [0.25, 0.3) is 5.70 Å². The van der Waals surface area contributed by atoms with Crippen molar-refractivity contribution in [2.75, 3.05) is 7.11 Å². The summed E-state index contributed by atoms with van der Waals surface area (Å²) >= 11 is 1.39. The summed E-state index contributed by atoms with van der Waals surface area (Å²) < 4.78 is 5.20. The van der Waals surface area contributed by atoms with E-state index in [9.17, 15) is 15.4 Å². The summed E-state index contributed by atoms with van der Waals surface area (Å²) in [6.45, 7) is 0. The number of nitro benzene ring substituents is 1. The van der Waals surface area contributed by atoms with Crippen LogP contribution in [0.3, 0.4) is 0 Å². The molecule has 1 unspecified atom stereocenters. The van der Waals surface area contributed by atoms with Gasteiger partial charge in [0.25, 0.3) is 5.69 Å². The minimum Gasteiger partial charge on any atom is -0.497 e. The van der Waals surface area contributed by atoms with Crippen molar-refractivity contribution in [3.8, 4) is 11.8 Å². The molecule has 0 fully saturated rings. The van der Waals surface area contributed by atoms with E-state index in [1.54, 1.807) is 24.1 Å². The molecule has 2 aliphatic rings. The van der Waals surface area contributed by atoms with E-state index in [-0.39, 0.29) is 17.1 Å². The number of rotatable bonds is 4. The zero-order valence-corrected chi connectivity index (χ0v) is 16.1. The molecule has 8 nitrogen and oxygen atoms in total. The van der Waals surface area contributed by atoms with E-state index < -0.39 is 11.0 Å². The molecule has 4 rings (SSSR count). The second kappa shape index (κ2) is 7.33. The van der Waals surface area contributed by atoms with Crippen molar-refractivity contribution in [1.82, 2.24) is 4.90 Å². The Morgan fingerprint density at radius 3 is 2.72 bits per heavy atom. The maximum atomic E-state index is 11.1. The highest BCUT2D eigenvalue weighted by atomic mass is 32.2. The molecule has 0 aliphatic carbocycles. The molecule has 0 bridgehead atoms. The molecule has 2 N–H and O–H groups in total. The number of amidine groups is 1. The Labute approximate surface area is 170 Å². The number of nitrogens with zero attached hydrogens (tertiary/aromatic N) is 4. The number of nitro groups is 1. The predicted molar refractivity (Wildman–Crippen MR) is 110 cm³/mol. The van der Waals surface area contributed by atoms with Gasteiger partial charge in [-0.3, -0.25) is 15.0 Å². The van der Waals surface area contributed by atoms with Crippen LogP contribution >= 0.6 is 11.8 Å². The fourth-order valence-corrected chi connectivity index (χ4v) is 4.13. The van der Waals surface area contributed by atoms with Crippen LogP contribution in [0.2, 0.25) is 0 Å². The van der Waals surface area contributed by atoms with Gasteiger partial charge in [0.2, 0.25) is 0 Å². The minimum absolute atomic E-state index is 0.0582. The lowest BCUT2D eigenvalue weighted by molar-refractivity contribution is -0.384. The molecule has 29 heavy (non-hydrogen) atoms. The quantitative estimate of drug-likeness (QED) is 0.608. The van der Waals surface area contributed by atoms with Crippen LogP contribution in [-0.2, 0) is 0 Å². The van der Waals surface area contributed by atoms with Gasteiger partial charge in [0.05, 0.1) is 23.3 Å². The van der Waals surface area contributed by atoms with Crippen LogP contribution in [0.15, 0.2) is 70.3 Å². The van der Waals surface area contributed by atoms with E-state index in [1.807, 2.05) is 29.7 Å². The Hall–Kier alpha value is -3.77. The number of non-ortho nitro benzene ring substituents is 1. The number of hydrogen-bond acceptors (Lipinski definition) is 8. The third kappa shape index (κ3) is 3.19. The van der Waals surface area contributed by atoms with Crippen LogP contribution in [0, 0.1) is 21.4 Å². The summed E-state index contributed by atoms with van der Waals surface area (Å²) in [5, 5.41) is 23.4. The van der Waals surface area contributed by atoms with E-state index >= 15 is 0 Å². The molecule has 2 aromatic carbocycles. The lowest BCUT2D eigenvalue weighted by Crippen LogP contribution is -2.33. The van der Waals surface area contributed by atoms with Crippen molar-refractivity contribution in [3.05, 3.63) is 86.6 Å². The minimum atomic E-state index is -0.692. The van der Waals surface area contributed by atoms with Crippen LogP contribution in [0.4, 0.5) is 5.69 Å². The highest BCUT2D eigenvalue weighted by Gasteiger charge is 2.36. The topological polar surface area (TPSA) is 118 Å². The van der Waals surface area contributed by atoms with Crippen molar-refractivity contribution in [2.24, 2.45) is 10.7 Å². The molecule has 2 aliphatic heterocycles. The summed E-state index contributed by atoms with van der Waals surface area (Å²) in [7, 11) is 1.60. The lowest BCUT2D eigenvalue weighted by Gasteiger charge is -2.30. The second-order valence-corrected chi connectivity index (χ2v) is 7.10. The largest absolute Gasteiger partial charge is 0.497 e. The van der Waals surface area contributed by atoms with Crippen LogP contribution in [0.1, 0.15) is 17.2 Å². The molecule has 0 spiro atoms. The van der Waals surface area contributed by atoms with Gasteiger partial charge in [-0.25, -0.2) is 4.99 Å². The molecule has 1 atom stereocenters. The van der Waals surface area contributed by atoms with Gasteiger partial charge in [-0.15, -0.1) is 0 Å². The number of methoxy groups -OCH3 is 1. The molecular weight excluding hydrogens is 390 g/mol. The van der Waals surface area contributed by atoms with Crippen molar-refractivity contribution < 1.29 is 9.66 Å². The number of thioether (sulfide) groups is 1. The molecule has 0 radical (unpaired) electrons. The maximum absolute atomic E-state index is 11.1. The zero-order valence-electron chi connectivity index (χ0n) is 15.3. The summed E-state index contributed by atoms with van der Waals surface area (Å²) in [5.74, 6) is 1.00. The Morgan fingerprint density at radius 2 is 2.07 bits per heavy atom. The molecule has 9 heteroatoms. The van der Waals surface area contributed by atoms with Gasteiger partial charge in [0.15, 0.2) is 5.17 Å². The van der Waals surface area contributed by atoms with Crippen LogP contribution in [-0.4, -0.2) is 22.1 Å². The summed E-state index contributed by atoms with van der Waals surface area (Å²) in [6, 6.07) is 15.0. The van der Waals surface area contributed by atoms with Crippen molar-refractivity contribution in [1.29, 1.82) is 5.26 Å². The SMILES string of the molecule is COc1ccc(C2=CSC3=NC(c4cccc([N+](=O)[O-])c4)C(C#N)=C(N)N23)cc1. The monoisotopic (exact) mass is 405 g/mol. The van der Waals surface area contributed by atoms with Crippen molar-refractivity contribution in [3.63, 3.8) is 0 Å². The van der Waals surface area contributed by atoms with Crippen molar-refractivity contribution in [2.45, 2.75) is 6.04 Å².